The Balaban J connectivity index is 4.52. The van der Waals surface area contributed by atoms with Crippen molar-refractivity contribution < 1.29 is 47.8 Å². The number of rotatable bonds is 34. The number of hydrogen-bond donors (Lipinski definition) is 2. The molecule has 0 radical (unpaired) electrons. The van der Waals surface area contributed by atoms with E-state index < -0.39 is 50.8 Å². The molecule has 0 fully saturated rings. The maximum atomic E-state index is 12.5. The molecule has 280 valence electrons. The summed E-state index contributed by atoms with van der Waals surface area (Å²) in [5.74, 6) is -0.961. The van der Waals surface area contributed by atoms with Crippen LogP contribution in [0, 0.1) is 0 Å². The smallest absolute Gasteiger partial charge is 0.306 e. The lowest BCUT2D eigenvalue weighted by Crippen LogP contribution is -2.39. The highest BCUT2D eigenvalue weighted by Gasteiger charge is 2.27. The topological polar surface area (TPSA) is 152 Å². The lowest BCUT2D eigenvalue weighted by atomic mass is 10.0. The van der Waals surface area contributed by atoms with Gasteiger partial charge in [-0.05, 0) is 26.7 Å². The number of ether oxygens (including phenoxy) is 2. The zero-order valence-corrected chi connectivity index (χ0v) is 31.2. The van der Waals surface area contributed by atoms with E-state index in [1.165, 1.54) is 104 Å². The number of unbranched alkanes of at least 4 members (excludes halogenated alkanes) is 20. The summed E-state index contributed by atoms with van der Waals surface area (Å²) < 4.78 is 32.6. The summed E-state index contributed by atoms with van der Waals surface area (Å²) in [4.78, 5) is 37.1. The molecule has 0 rings (SSSR count). The average Bonchev–Trinajstić information content (AvgIpc) is 3.02. The molecule has 0 bridgehead atoms. The summed E-state index contributed by atoms with van der Waals surface area (Å²) in [6.07, 6.45) is 23.2. The van der Waals surface area contributed by atoms with Gasteiger partial charge in [-0.15, -0.1) is 0 Å². The van der Waals surface area contributed by atoms with Gasteiger partial charge in [-0.1, -0.05) is 142 Å². The lowest BCUT2D eigenvalue weighted by molar-refractivity contribution is -0.232. The van der Waals surface area contributed by atoms with E-state index in [-0.39, 0.29) is 19.4 Å². The zero-order chi connectivity index (χ0) is 35.2. The van der Waals surface area contributed by atoms with Crippen LogP contribution < -0.4 is 4.89 Å². The van der Waals surface area contributed by atoms with Crippen molar-refractivity contribution in [3.63, 3.8) is 0 Å². The van der Waals surface area contributed by atoms with Gasteiger partial charge in [-0.3, -0.25) is 14.2 Å². The van der Waals surface area contributed by atoms with E-state index >= 15 is 0 Å². The van der Waals surface area contributed by atoms with E-state index in [0.717, 1.165) is 38.5 Å². The number of carbonyl (C=O) groups is 2. The molecule has 0 heterocycles. The van der Waals surface area contributed by atoms with Crippen LogP contribution in [-0.2, 0) is 32.7 Å². The molecular weight excluding hydrogens is 623 g/mol. The third-order valence-corrected chi connectivity index (χ3v) is 9.25. The number of phosphoric acid groups is 1. The predicted octanol–water partition coefficient (Wildman–Crippen LogP) is 8.48. The number of aliphatic hydroxyl groups is 2. The molecule has 47 heavy (non-hydrogen) atoms. The van der Waals surface area contributed by atoms with E-state index in [1.54, 1.807) is 0 Å². The zero-order valence-electron chi connectivity index (χ0n) is 30.4. The van der Waals surface area contributed by atoms with Gasteiger partial charge in [-0.25, -0.2) is 0 Å². The molecule has 0 saturated heterocycles. The highest BCUT2D eigenvalue weighted by molar-refractivity contribution is 7.45. The van der Waals surface area contributed by atoms with Gasteiger partial charge in [-0.2, -0.15) is 0 Å². The Morgan fingerprint density at radius 1 is 0.617 bits per heavy atom. The number of aliphatic hydroxyl groups excluding tert-OH is 1. The van der Waals surface area contributed by atoms with Crippen LogP contribution in [0.1, 0.15) is 182 Å². The van der Waals surface area contributed by atoms with Gasteiger partial charge >= 0.3 is 11.9 Å². The molecule has 0 aliphatic carbocycles. The van der Waals surface area contributed by atoms with Crippen molar-refractivity contribution in [2.75, 3.05) is 19.8 Å². The molecule has 3 atom stereocenters. The van der Waals surface area contributed by atoms with Crippen LogP contribution in [0.2, 0.25) is 0 Å². The number of hydrogen-bond acceptors (Lipinski definition) is 10. The number of esters is 2. The predicted molar refractivity (Wildman–Crippen MR) is 185 cm³/mol. The van der Waals surface area contributed by atoms with E-state index in [2.05, 4.69) is 18.4 Å². The van der Waals surface area contributed by atoms with Crippen LogP contribution in [0.5, 0.6) is 0 Å². The van der Waals surface area contributed by atoms with Gasteiger partial charge in [0.2, 0.25) is 0 Å². The highest BCUT2D eigenvalue weighted by Crippen LogP contribution is 2.39. The fourth-order valence-corrected chi connectivity index (χ4v) is 5.81. The number of carbonyl (C=O) groups excluding carboxylic acids is 2. The van der Waals surface area contributed by atoms with E-state index in [0.29, 0.717) is 12.8 Å². The lowest BCUT2D eigenvalue weighted by Gasteiger charge is -2.29. The Kier molecular flexibility index (Phi) is 29.2. The summed E-state index contributed by atoms with van der Waals surface area (Å²) in [5.41, 5.74) is -1.58. The molecule has 0 spiro atoms. The molecule has 0 amide bonds. The highest BCUT2D eigenvalue weighted by atomic mass is 31.2. The monoisotopic (exact) mass is 693 g/mol. The van der Waals surface area contributed by atoms with Crippen LogP contribution in [-0.4, -0.2) is 59.8 Å². The second-order valence-electron chi connectivity index (χ2n) is 13.6. The average molecular weight is 694 g/mol. The Morgan fingerprint density at radius 3 is 1.38 bits per heavy atom. The molecule has 2 N–H and O–H groups in total. The van der Waals surface area contributed by atoms with E-state index in [4.69, 9.17) is 14.0 Å². The van der Waals surface area contributed by atoms with Crippen molar-refractivity contribution in [3.8, 4) is 0 Å². The van der Waals surface area contributed by atoms with E-state index in [9.17, 15) is 29.3 Å². The Labute approximate surface area is 286 Å². The Hall–Kier alpha value is -1.03. The molecule has 0 saturated carbocycles. The van der Waals surface area contributed by atoms with Gasteiger partial charge in [0, 0.05) is 12.8 Å². The van der Waals surface area contributed by atoms with Crippen LogP contribution in [0.3, 0.4) is 0 Å². The van der Waals surface area contributed by atoms with Crippen molar-refractivity contribution in [2.24, 2.45) is 0 Å². The molecule has 0 aliphatic heterocycles. The van der Waals surface area contributed by atoms with Crippen LogP contribution in [0.25, 0.3) is 0 Å². The molecule has 3 unspecified atom stereocenters. The Morgan fingerprint density at radius 2 is 0.979 bits per heavy atom. The van der Waals surface area contributed by atoms with Gasteiger partial charge < -0.3 is 33.6 Å². The molecule has 11 heteroatoms. The minimum Gasteiger partial charge on any atom is -0.756 e. The maximum Gasteiger partial charge on any atom is 0.306 e. The first-order valence-corrected chi connectivity index (χ1v) is 20.2. The van der Waals surface area contributed by atoms with Crippen molar-refractivity contribution in [3.05, 3.63) is 0 Å². The summed E-state index contributed by atoms with van der Waals surface area (Å²) in [6.45, 7) is 5.41. The molecule has 0 aromatic heterocycles. The first kappa shape index (κ1) is 46.0. The molecule has 0 aliphatic rings. The fourth-order valence-electron chi connectivity index (χ4n) is 5.06. The Bertz CT molecular complexity index is 801. The van der Waals surface area contributed by atoms with Crippen LogP contribution >= 0.6 is 7.82 Å². The first-order valence-electron chi connectivity index (χ1n) is 18.8. The second kappa shape index (κ2) is 29.8. The minimum absolute atomic E-state index is 0.170. The largest absolute Gasteiger partial charge is 0.756 e. The van der Waals surface area contributed by atoms with Gasteiger partial charge in [0.15, 0.2) is 6.10 Å². The van der Waals surface area contributed by atoms with Crippen molar-refractivity contribution in [1.82, 2.24) is 0 Å². The fraction of sp³-hybridized carbons (Fsp3) is 0.944. The standard InChI is InChI=1S/C36H71O10P/c1-5-7-9-11-13-15-17-19-21-23-25-27-34(38)43-29-32(30-44-47(41,42)45-31-33(37)36(3,4)40)46-35(39)28-26-24-22-20-18-16-14-12-10-8-6-2/h32-33,37,40H,5-31H2,1-4H3,(H,41,42)/p-1. The summed E-state index contributed by atoms with van der Waals surface area (Å²) in [6, 6.07) is 0. The van der Waals surface area contributed by atoms with E-state index in [1.807, 2.05) is 0 Å². The second-order valence-corrected chi connectivity index (χ2v) is 15.0. The summed E-state index contributed by atoms with van der Waals surface area (Å²) in [7, 11) is -4.90. The normalized spacial score (nSPS) is 14.4. The van der Waals surface area contributed by atoms with Gasteiger partial charge in [0.1, 0.15) is 12.7 Å². The summed E-state index contributed by atoms with van der Waals surface area (Å²) in [5, 5.41) is 19.6. The third-order valence-electron chi connectivity index (χ3n) is 8.32. The summed E-state index contributed by atoms with van der Waals surface area (Å²) >= 11 is 0. The van der Waals surface area contributed by atoms with Crippen molar-refractivity contribution >= 4 is 19.8 Å². The SMILES string of the molecule is CCCCCCCCCCCCCC(=O)OCC(COP(=O)([O-])OCC(O)C(C)(C)O)OC(=O)CCCCCCCCCCCCC. The molecular formula is C36H70O10P-. The quantitative estimate of drug-likeness (QED) is 0.0381. The number of phosphoric ester groups is 1. The van der Waals surface area contributed by atoms with Crippen molar-refractivity contribution in [1.29, 1.82) is 0 Å². The van der Waals surface area contributed by atoms with Crippen LogP contribution in [0.4, 0.5) is 0 Å². The first-order chi connectivity index (χ1) is 22.4. The van der Waals surface area contributed by atoms with Gasteiger partial charge in [0.25, 0.3) is 7.82 Å². The van der Waals surface area contributed by atoms with Crippen molar-refractivity contribution in [2.45, 2.75) is 200 Å². The third kappa shape index (κ3) is 30.7. The van der Waals surface area contributed by atoms with Crippen LogP contribution in [0.15, 0.2) is 0 Å². The molecule has 0 aromatic rings. The molecule has 10 nitrogen and oxygen atoms in total. The minimum atomic E-state index is -4.90. The molecule has 0 aromatic carbocycles. The van der Waals surface area contributed by atoms with Gasteiger partial charge in [0.05, 0.1) is 18.8 Å². The maximum absolute atomic E-state index is 12.5.